The molecule has 25 heavy (non-hydrogen) atoms. The van der Waals surface area contributed by atoms with Crippen LogP contribution in [0.15, 0.2) is 68.9 Å². The summed E-state index contributed by atoms with van der Waals surface area (Å²) < 4.78 is 1.02. The summed E-state index contributed by atoms with van der Waals surface area (Å²) in [5.74, 6) is 0.509. The summed E-state index contributed by atoms with van der Waals surface area (Å²) in [5, 5.41) is 4.71. The zero-order valence-corrected chi connectivity index (χ0v) is 16.1. The Kier molecular flexibility index (Phi) is 6.32. The number of aromatic nitrogens is 2. The molecule has 0 unspecified atom stereocenters. The number of hydrazone groups is 1. The highest BCUT2D eigenvalue weighted by molar-refractivity contribution is 9.11. The highest BCUT2D eigenvalue weighted by atomic mass is 79.9. The van der Waals surface area contributed by atoms with Gasteiger partial charge in [0.25, 0.3) is 5.91 Å². The molecule has 2 aromatic heterocycles. The Balaban J connectivity index is 1.52. The largest absolute Gasteiger partial charge is 0.271 e. The fourth-order valence-corrected chi connectivity index (χ4v) is 3.93. The third kappa shape index (κ3) is 5.48. The highest BCUT2D eigenvalue weighted by Gasteiger charge is 2.05. The van der Waals surface area contributed by atoms with E-state index in [1.165, 1.54) is 0 Å². The number of hydrogen-bond donors (Lipinski definition) is 1. The Labute approximate surface area is 161 Å². The van der Waals surface area contributed by atoms with Crippen LogP contribution in [0.3, 0.4) is 0 Å². The lowest BCUT2D eigenvalue weighted by atomic mass is 10.1. The average Bonchev–Trinajstić information content (AvgIpc) is 3.06. The summed E-state index contributed by atoms with van der Waals surface area (Å²) in [6.07, 6.45) is 5.06. The molecule has 0 spiro atoms. The van der Waals surface area contributed by atoms with Gasteiger partial charge in [0, 0.05) is 28.6 Å². The third-order valence-corrected chi connectivity index (χ3v) is 5.58. The van der Waals surface area contributed by atoms with Crippen molar-refractivity contribution in [2.24, 2.45) is 5.10 Å². The van der Waals surface area contributed by atoms with Crippen molar-refractivity contribution < 1.29 is 4.79 Å². The number of carbonyl (C=O) groups is 1. The van der Waals surface area contributed by atoms with Gasteiger partial charge in [-0.25, -0.2) is 15.4 Å². The van der Waals surface area contributed by atoms with E-state index < -0.39 is 0 Å². The third-order valence-electron chi connectivity index (χ3n) is 3.08. The number of thiophene rings is 1. The first-order chi connectivity index (χ1) is 12.2. The van der Waals surface area contributed by atoms with E-state index in [-0.39, 0.29) is 5.91 Å². The van der Waals surface area contributed by atoms with Crippen LogP contribution in [0.5, 0.6) is 0 Å². The van der Waals surface area contributed by atoms with Crippen molar-refractivity contribution in [1.29, 1.82) is 0 Å². The van der Waals surface area contributed by atoms with E-state index >= 15 is 0 Å². The van der Waals surface area contributed by atoms with Crippen LogP contribution in [-0.4, -0.2) is 22.1 Å². The second-order valence-corrected chi connectivity index (χ2v) is 8.30. The van der Waals surface area contributed by atoms with E-state index in [0.717, 1.165) is 25.1 Å². The molecule has 126 valence electrons. The number of nitrogens with zero attached hydrogens (tertiary/aromatic N) is 3. The van der Waals surface area contributed by atoms with Gasteiger partial charge in [0.2, 0.25) is 0 Å². The molecule has 8 heteroatoms. The second kappa shape index (κ2) is 8.89. The molecule has 0 atom stereocenters. The average molecular weight is 433 g/mol. The number of rotatable bonds is 6. The molecule has 0 saturated carbocycles. The monoisotopic (exact) mass is 432 g/mol. The van der Waals surface area contributed by atoms with E-state index in [2.05, 4.69) is 36.4 Å². The van der Waals surface area contributed by atoms with Gasteiger partial charge in [-0.05, 0) is 51.8 Å². The fourth-order valence-electron chi connectivity index (χ4n) is 1.88. The first kappa shape index (κ1) is 17.8. The smallest absolute Gasteiger partial charge is 0.267 e. The van der Waals surface area contributed by atoms with Gasteiger partial charge < -0.3 is 0 Å². The molecule has 0 aliphatic rings. The summed E-state index contributed by atoms with van der Waals surface area (Å²) in [4.78, 5) is 21.4. The molecule has 0 saturated heterocycles. The summed E-state index contributed by atoms with van der Waals surface area (Å²) in [5.41, 5.74) is 4.19. The molecule has 3 rings (SSSR count). The first-order valence-electron chi connectivity index (χ1n) is 7.28. The molecule has 0 aliphatic carbocycles. The number of carbonyl (C=O) groups excluding carboxylic acids is 1. The Morgan fingerprint density at radius 1 is 1.20 bits per heavy atom. The zero-order valence-electron chi connectivity index (χ0n) is 12.9. The van der Waals surface area contributed by atoms with Crippen LogP contribution in [0.25, 0.3) is 0 Å². The van der Waals surface area contributed by atoms with Gasteiger partial charge >= 0.3 is 0 Å². The van der Waals surface area contributed by atoms with E-state index in [9.17, 15) is 4.79 Å². The summed E-state index contributed by atoms with van der Waals surface area (Å²) in [6, 6.07) is 13.1. The lowest BCUT2D eigenvalue weighted by Crippen LogP contribution is -2.17. The Hall–Kier alpha value is -2.03. The normalized spacial score (nSPS) is 10.9. The maximum absolute atomic E-state index is 12.1. The topological polar surface area (TPSA) is 67.2 Å². The van der Waals surface area contributed by atoms with Crippen molar-refractivity contribution in [3.63, 3.8) is 0 Å². The molecule has 3 aromatic rings. The lowest BCUT2D eigenvalue weighted by molar-refractivity contribution is 0.0955. The maximum atomic E-state index is 12.1. The standard InChI is InChI=1S/C17H13BrN4OS2/c18-15-7-6-14(25-15)10-21-22-16(23)13-4-2-12(3-5-13)11-24-17-19-8-1-9-20-17/h1-10H,11H2,(H,22,23)/b21-10+. The van der Waals surface area contributed by atoms with Crippen LogP contribution in [0.1, 0.15) is 20.8 Å². The molecule has 0 bridgehead atoms. The molecule has 1 N–H and O–H groups in total. The Bertz CT molecular complexity index is 866. The van der Waals surface area contributed by atoms with Crippen LogP contribution in [-0.2, 0) is 5.75 Å². The van der Waals surface area contributed by atoms with Crippen LogP contribution in [0.2, 0.25) is 0 Å². The van der Waals surface area contributed by atoms with Crippen molar-refractivity contribution in [1.82, 2.24) is 15.4 Å². The second-order valence-electron chi connectivity index (χ2n) is 4.86. The van der Waals surface area contributed by atoms with Crippen molar-refractivity contribution >= 4 is 51.2 Å². The predicted octanol–water partition coefficient (Wildman–Crippen LogP) is 4.36. The van der Waals surface area contributed by atoms with E-state index in [0.29, 0.717) is 5.56 Å². The van der Waals surface area contributed by atoms with Gasteiger partial charge in [-0.15, -0.1) is 11.3 Å². The van der Waals surface area contributed by atoms with E-state index in [1.807, 2.05) is 24.3 Å². The number of thioether (sulfide) groups is 1. The van der Waals surface area contributed by atoms with E-state index in [4.69, 9.17) is 0 Å². The van der Waals surface area contributed by atoms with Gasteiger partial charge in [-0.1, -0.05) is 23.9 Å². The molecule has 0 aliphatic heterocycles. The molecule has 0 fully saturated rings. The van der Waals surface area contributed by atoms with Crippen LogP contribution >= 0.6 is 39.0 Å². The number of benzene rings is 1. The minimum absolute atomic E-state index is 0.238. The molecule has 1 amide bonds. The zero-order chi connectivity index (χ0) is 17.5. The Morgan fingerprint density at radius 2 is 1.96 bits per heavy atom. The highest BCUT2D eigenvalue weighted by Crippen LogP contribution is 2.20. The van der Waals surface area contributed by atoms with Crippen LogP contribution in [0, 0.1) is 0 Å². The van der Waals surface area contributed by atoms with Gasteiger partial charge in [-0.2, -0.15) is 5.10 Å². The molecule has 0 radical (unpaired) electrons. The van der Waals surface area contributed by atoms with Crippen LogP contribution in [0.4, 0.5) is 0 Å². The number of amides is 1. The maximum Gasteiger partial charge on any atom is 0.271 e. The van der Waals surface area contributed by atoms with Crippen molar-refractivity contribution in [3.8, 4) is 0 Å². The van der Waals surface area contributed by atoms with E-state index in [1.54, 1.807) is 59.9 Å². The van der Waals surface area contributed by atoms with Crippen molar-refractivity contribution in [2.45, 2.75) is 10.9 Å². The number of nitrogens with one attached hydrogen (secondary N) is 1. The molecular weight excluding hydrogens is 420 g/mol. The Morgan fingerprint density at radius 3 is 2.64 bits per heavy atom. The minimum atomic E-state index is -0.238. The first-order valence-corrected chi connectivity index (χ1v) is 9.88. The van der Waals surface area contributed by atoms with Crippen LogP contribution < -0.4 is 5.43 Å². The predicted molar refractivity (Wildman–Crippen MR) is 105 cm³/mol. The SMILES string of the molecule is O=C(N/N=C/c1ccc(Br)s1)c1ccc(CSc2ncccn2)cc1. The van der Waals surface area contributed by atoms with Gasteiger partial charge in [0.15, 0.2) is 5.16 Å². The molecule has 2 heterocycles. The molecule has 1 aromatic carbocycles. The summed E-state index contributed by atoms with van der Waals surface area (Å²) in [7, 11) is 0. The minimum Gasteiger partial charge on any atom is -0.267 e. The number of halogens is 1. The quantitative estimate of drug-likeness (QED) is 0.272. The number of hydrogen-bond acceptors (Lipinski definition) is 6. The van der Waals surface area contributed by atoms with Gasteiger partial charge in [0.05, 0.1) is 10.0 Å². The summed E-state index contributed by atoms with van der Waals surface area (Å²) >= 11 is 6.48. The molecular formula is C17H13BrN4OS2. The lowest BCUT2D eigenvalue weighted by Gasteiger charge is -2.03. The van der Waals surface area contributed by atoms with Gasteiger partial charge in [-0.3, -0.25) is 4.79 Å². The summed E-state index contributed by atoms with van der Waals surface area (Å²) in [6.45, 7) is 0. The fraction of sp³-hybridized carbons (Fsp3) is 0.0588. The van der Waals surface area contributed by atoms with Crippen molar-refractivity contribution in [2.75, 3.05) is 0 Å². The van der Waals surface area contributed by atoms with Crippen molar-refractivity contribution in [3.05, 3.63) is 74.6 Å². The molecule has 5 nitrogen and oxygen atoms in total. The van der Waals surface area contributed by atoms with Gasteiger partial charge in [0.1, 0.15) is 0 Å².